The van der Waals surface area contributed by atoms with Crippen LogP contribution in [0.25, 0.3) is 5.69 Å². The summed E-state index contributed by atoms with van der Waals surface area (Å²) in [4.78, 5) is 23.5. The SMILES string of the molecule is Cc1cnn(-c2ccc(C(=O)NC3(CC(=O)O)CCOC3)cc2)c1. The van der Waals surface area contributed by atoms with E-state index in [2.05, 4.69) is 10.4 Å². The van der Waals surface area contributed by atoms with Gasteiger partial charge in [0.25, 0.3) is 5.91 Å². The van der Waals surface area contributed by atoms with Crippen LogP contribution in [0.3, 0.4) is 0 Å². The molecule has 0 spiro atoms. The second-order valence-electron chi connectivity index (χ2n) is 6.12. The van der Waals surface area contributed by atoms with Crippen LogP contribution in [0.4, 0.5) is 0 Å². The van der Waals surface area contributed by atoms with Gasteiger partial charge in [-0.15, -0.1) is 0 Å². The molecule has 0 bridgehead atoms. The number of aliphatic carboxylic acids is 1. The Labute approximate surface area is 139 Å². The fourth-order valence-corrected chi connectivity index (χ4v) is 2.81. The minimum Gasteiger partial charge on any atom is -0.481 e. The highest BCUT2D eigenvalue weighted by atomic mass is 16.5. The number of carbonyl (C=O) groups is 2. The van der Waals surface area contributed by atoms with Crippen LogP contribution in [0.2, 0.25) is 0 Å². The zero-order valence-corrected chi connectivity index (χ0v) is 13.4. The van der Waals surface area contributed by atoms with Gasteiger partial charge in [0.1, 0.15) is 0 Å². The molecule has 2 aromatic rings. The number of hydrogen-bond acceptors (Lipinski definition) is 4. The first-order chi connectivity index (χ1) is 11.5. The summed E-state index contributed by atoms with van der Waals surface area (Å²) in [7, 11) is 0. The predicted octanol–water partition coefficient (Wildman–Crippen LogP) is 1.54. The van der Waals surface area contributed by atoms with E-state index in [-0.39, 0.29) is 18.9 Å². The first-order valence-corrected chi connectivity index (χ1v) is 7.71. The Morgan fingerprint density at radius 3 is 2.67 bits per heavy atom. The molecule has 1 aromatic heterocycles. The molecule has 1 atom stereocenters. The molecular formula is C17H19N3O4. The number of carboxylic acids is 1. The highest BCUT2D eigenvalue weighted by Crippen LogP contribution is 2.23. The molecule has 1 amide bonds. The van der Waals surface area contributed by atoms with Crippen molar-refractivity contribution in [3.05, 3.63) is 47.8 Å². The van der Waals surface area contributed by atoms with Crippen LogP contribution in [0, 0.1) is 6.92 Å². The number of nitrogens with zero attached hydrogens (tertiary/aromatic N) is 2. The van der Waals surface area contributed by atoms with Crippen LogP contribution in [-0.4, -0.2) is 45.5 Å². The summed E-state index contributed by atoms with van der Waals surface area (Å²) in [6.45, 7) is 2.62. The number of aryl methyl sites for hydroxylation is 1. The maximum Gasteiger partial charge on any atom is 0.305 e. The number of benzene rings is 1. The summed E-state index contributed by atoms with van der Waals surface area (Å²) in [6.07, 6.45) is 4.00. The van der Waals surface area contributed by atoms with E-state index in [1.165, 1.54) is 0 Å². The summed E-state index contributed by atoms with van der Waals surface area (Å²) in [5.41, 5.74) is 1.54. The average Bonchev–Trinajstić information content (AvgIpc) is 3.16. The number of ether oxygens (including phenoxy) is 1. The van der Waals surface area contributed by atoms with Gasteiger partial charge < -0.3 is 15.2 Å². The van der Waals surface area contributed by atoms with Crippen molar-refractivity contribution in [1.29, 1.82) is 0 Å². The lowest BCUT2D eigenvalue weighted by atomic mass is 9.93. The highest BCUT2D eigenvalue weighted by Gasteiger charge is 2.38. The van der Waals surface area contributed by atoms with E-state index >= 15 is 0 Å². The van der Waals surface area contributed by atoms with Gasteiger partial charge in [-0.3, -0.25) is 9.59 Å². The number of aromatic nitrogens is 2. The van der Waals surface area contributed by atoms with Crippen molar-refractivity contribution >= 4 is 11.9 Å². The fourth-order valence-electron chi connectivity index (χ4n) is 2.81. The molecule has 1 unspecified atom stereocenters. The normalized spacial score (nSPS) is 20.0. The number of carbonyl (C=O) groups excluding carboxylic acids is 1. The van der Waals surface area contributed by atoms with Crippen molar-refractivity contribution in [3.8, 4) is 5.69 Å². The molecule has 24 heavy (non-hydrogen) atoms. The maximum atomic E-state index is 12.5. The monoisotopic (exact) mass is 329 g/mol. The number of hydrogen-bond donors (Lipinski definition) is 2. The van der Waals surface area contributed by atoms with Crippen molar-refractivity contribution in [1.82, 2.24) is 15.1 Å². The number of rotatable bonds is 5. The molecule has 1 saturated heterocycles. The summed E-state index contributed by atoms with van der Waals surface area (Å²) in [5, 5.41) is 16.1. The van der Waals surface area contributed by atoms with Crippen LogP contribution < -0.4 is 5.32 Å². The summed E-state index contributed by atoms with van der Waals surface area (Å²) in [5.74, 6) is -1.25. The molecule has 0 radical (unpaired) electrons. The molecule has 1 aliphatic rings. The van der Waals surface area contributed by atoms with Crippen molar-refractivity contribution in [2.75, 3.05) is 13.2 Å². The first-order valence-electron chi connectivity index (χ1n) is 7.71. The van der Waals surface area contributed by atoms with Gasteiger partial charge in [-0.25, -0.2) is 4.68 Å². The highest BCUT2D eigenvalue weighted by molar-refractivity contribution is 5.95. The predicted molar refractivity (Wildman–Crippen MR) is 86.2 cm³/mol. The Morgan fingerprint density at radius 1 is 1.38 bits per heavy atom. The van der Waals surface area contributed by atoms with Gasteiger partial charge >= 0.3 is 5.97 Å². The van der Waals surface area contributed by atoms with Crippen molar-refractivity contribution in [2.45, 2.75) is 25.3 Å². The largest absolute Gasteiger partial charge is 0.481 e. The van der Waals surface area contributed by atoms with E-state index in [9.17, 15) is 9.59 Å². The zero-order chi connectivity index (χ0) is 17.2. The standard InChI is InChI=1S/C17H19N3O4/c1-12-9-18-20(10-12)14-4-2-13(3-5-14)16(23)19-17(8-15(21)22)6-7-24-11-17/h2-5,9-10H,6-8,11H2,1H3,(H,19,23)(H,21,22). The number of amides is 1. The minimum absolute atomic E-state index is 0.149. The van der Waals surface area contributed by atoms with E-state index in [0.717, 1.165) is 11.3 Å². The Balaban J connectivity index is 1.74. The fraction of sp³-hybridized carbons (Fsp3) is 0.353. The van der Waals surface area contributed by atoms with Gasteiger partial charge in [0.2, 0.25) is 0 Å². The van der Waals surface area contributed by atoms with Crippen LogP contribution in [-0.2, 0) is 9.53 Å². The third-order valence-electron chi connectivity index (χ3n) is 4.08. The van der Waals surface area contributed by atoms with Gasteiger partial charge in [-0.1, -0.05) is 0 Å². The van der Waals surface area contributed by atoms with Crippen LogP contribution in [0.5, 0.6) is 0 Å². The van der Waals surface area contributed by atoms with Gasteiger partial charge in [0.15, 0.2) is 0 Å². The molecule has 0 aliphatic carbocycles. The quantitative estimate of drug-likeness (QED) is 0.868. The molecule has 2 heterocycles. The summed E-state index contributed by atoms with van der Waals surface area (Å²) in [6, 6.07) is 7.00. The zero-order valence-electron chi connectivity index (χ0n) is 13.4. The Kier molecular flexibility index (Phi) is 4.35. The molecule has 3 rings (SSSR count). The molecule has 1 fully saturated rings. The van der Waals surface area contributed by atoms with Crippen molar-refractivity contribution in [3.63, 3.8) is 0 Å². The third kappa shape index (κ3) is 3.46. The molecule has 1 aliphatic heterocycles. The minimum atomic E-state index is -0.954. The van der Waals surface area contributed by atoms with E-state index in [0.29, 0.717) is 18.6 Å². The van der Waals surface area contributed by atoms with Gasteiger partial charge in [0.05, 0.1) is 30.5 Å². The van der Waals surface area contributed by atoms with Crippen LogP contribution >= 0.6 is 0 Å². The molecule has 7 heteroatoms. The van der Waals surface area contributed by atoms with Gasteiger partial charge in [0, 0.05) is 18.4 Å². The van der Waals surface area contributed by atoms with Crippen molar-refractivity contribution < 1.29 is 19.4 Å². The van der Waals surface area contributed by atoms with Crippen LogP contribution in [0.15, 0.2) is 36.7 Å². The first kappa shape index (κ1) is 16.2. The lowest BCUT2D eigenvalue weighted by Gasteiger charge is -2.27. The second kappa shape index (κ2) is 6.45. The molecular weight excluding hydrogens is 310 g/mol. The van der Waals surface area contributed by atoms with E-state index in [1.807, 2.05) is 13.1 Å². The lowest BCUT2D eigenvalue weighted by molar-refractivity contribution is -0.138. The van der Waals surface area contributed by atoms with Crippen LogP contribution in [0.1, 0.15) is 28.8 Å². The summed E-state index contributed by atoms with van der Waals surface area (Å²) < 4.78 is 7.02. The molecule has 0 saturated carbocycles. The number of carboxylic acid groups (broad SMARTS) is 1. The van der Waals surface area contributed by atoms with Crippen molar-refractivity contribution in [2.24, 2.45) is 0 Å². The second-order valence-corrected chi connectivity index (χ2v) is 6.12. The Bertz CT molecular complexity index is 745. The van der Waals surface area contributed by atoms with E-state index in [4.69, 9.17) is 9.84 Å². The van der Waals surface area contributed by atoms with Gasteiger partial charge in [-0.2, -0.15) is 5.10 Å². The number of nitrogens with one attached hydrogen (secondary N) is 1. The topological polar surface area (TPSA) is 93.5 Å². The smallest absolute Gasteiger partial charge is 0.305 e. The summed E-state index contributed by atoms with van der Waals surface area (Å²) >= 11 is 0. The Morgan fingerprint density at radius 2 is 2.12 bits per heavy atom. The maximum absolute atomic E-state index is 12.5. The van der Waals surface area contributed by atoms with Gasteiger partial charge in [-0.05, 0) is 43.2 Å². The Hall–Kier alpha value is -2.67. The van der Waals surface area contributed by atoms with E-state index < -0.39 is 11.5 Å². The van der Waals surface area contributed by atoms with E-state index in [1.54, 1.807) is 35.1 Å². The molecule has 1 aromatic carbocycles. The lowest BCUT2D eigenvalue weighted by Crippen LogP contribution is -2.50. The average molecular weight is 329 g/mol. The molecule has 126 valence electrons. The third-order valence-corrected chi connectivity index (χ3v) is 4.08. The molecule has 2 N–H and O–H groups in total. The molecule has 7 nitrogen and oxygen atoms in total.